The number of fused-ring (bicyclic) bond motifs is 5. The van der Waals surface area contributed by atoms with Gasteiger partial charge in [-0.3, -0.25) is 14.4 Å². The Labute approximate surface area is 302 Å². The number of benzene rings is 2. The molecule has 12 heteroatoms. The van der Waals surface area contributed by atoms with Gasteiger partial charge in [0.05, 0.1) is 12.1 Å². The van der Waals surface area contributed by atoms with Crippen LogP contribution in [0.3, 0.4) is 0 Å². The van der Waals surface area contributed by atoms with Crippen molar-refractivity contribution in [1.29, 1.82) is 0 Å². The van der Waals surface area contributed by atoms with E-state index in [-0.39, 0.29) is 24.6 Å². The number of aryl methyl sites for hydroxylation is 1. The van der Waals surface area contributed by atoms with E-state index in [4.69, 9.17) is 19.0 Å². The number of aromatic nitrogens is 2. The quantitative estimate of drug-likeness (QED) is 0.154. The fraction of sp³-hybridized carbons (Fsp3) is 0.450. The molecule has 0 spiro atoms. The zero-order valence-corrected chi connectivity index (χ0v) is 30.0. The minimum atomic E-state index is -1.25. The maximum Gasteiger partial charge on any atom is 0.333 e. The summed E-state index contributed by atoms with van der Waals surface area (Å²) in [6.45, 7) is 7.13. The van der Waals surface area contributed by atoms with Crippen LogP contribution < -0.4 is 15.4 Å². The summed E-state index contributed by atoms with van der Waals surface area (Å²) in [5, 5.41) is 12.5. The number of allylic oxidation sites excluding steroid dienone is 1. The van der Waals surface area contributed by atoms with Gasteiger partial charge in [0, 0.05) is 29.2 Å². The molecule has 4 aromatic rings. The van der Waals surface area contributed by atoms with E-state index in [9.17, 15) is 19.2 Å². The molecule has 2 aliphatic heterocycles. The Kier molecular flexibility index (Phi) is 9.50. The maximum atomic E-state index is 14.6. The lowest BCUT2D eigenvalue weighted by atomic mass is 10.0. The van der Waals surface area contributed by atoms with Crippen LogP contribution in [0.2, 0.25) is 0 Å². The first-order valence-electron chi connectivity index (χ1n) is 18.1. The van der Waals surface area contributed by atoms with Gasteiger partial charge in [-0.1, -0.05) is 66.5 Å². The Morgan fingerprint density at radius 3 is 2.52 bits per heavy atom. The summed E-state index contributed by atoms with van der Waals surface area (Å²) in [6, 6.07) is 15.2. The van der Waals surface area contributed by atoms with Gasteiger partial charge in [0.25, 0.3) is 5.91 Å². The highest BCUT2D eigenvalue weighted by Crippen LogP contribution is 2.47. The van der Waals surface area contributed by atoms with Gasteiger partial charge in [-0.25, -0.2) is 9.78 Å². The lowest BCUT2D eigenvalue weighted by Gasteiger charge is -2.30. The molecule has 1 aliphatic carbocycles. The molecule has 12 nitrogen and oxygen atoms in total. The maximum absolute atomic E-state index is 14.6. The Morgan fingerprint density at radius 2 is 1.77 bits per heavy atom. The number of rotatable bonds is 5. The van der Waals surface area contributed by atoms with Gasteiger partial charge in [-0.2, -0.15) is 0 Å². The minimum absolute atomic E-state index is 0.0663. The van der Waals surface area contributed by atoms with E-state index in [2.05, 4.69) is 15.8 Å². The number of amides is 3. The number of nitrogens with one attached hydrogen (secondary N) is 2. The predicted molar refractivity (Wildman–Crippen MR) is 193 cm³/mol. The first-order chi connectivity index (χ1) is 24.9. The van der Waals surface area contributed by atoms with Gasteiger partial charge in [0.2, 0.25) is 17.7 Å². The Morgan fingerprint density at radius 1 is 1.02 bits per heavy atom. The molecule has 52 heavy (non-hydrogen) atoms. The lowest BCUT2D eigenvalue weighted by Crippen LogP contribution is -2.57. The summed E-state index contributed by atoms with van der Waals surface area (Å²) in [5.74, 6) is -1.31. The van der Waals surface area contributed by atoms with Crippen LogP contribution in [-0.2, 0) is 19.1 Å². The second-order valence-electron chi connectivity index (χ2n) is 15.1. The summed E-state index contributed by atoms with van der Waals surface area (Å²) < 4.78 is 17.5. The molecule has 7 rings (SSSR count). The number of hydrogen-bond donors (Lipinski definition) is 2. The normalized spacial score (nSPS) is 25.4. The fourth-order valence-corrected chi connectivity index (χ4v) is 7.33. The first-order valence-corrected chi connectivity index (χ1v) is 18.1. The van der Waals surface area contributed by atoms with E-state index in [1.165, 1.54) is 11.0 Å². The van der Waals surface area contributed by atoms with Crippen LogP contribution in [-0.4, -0.2) is 74.6 Å². The molecule has 2 N–H and O–H groups in total. The van der Waals surface area contributed by atoms with Crippen molar-refractivity contribution in [2.45, 2.75) is 102 Å². The topological polar surface area (TPSA) is 153 Å². The Bertz CT molecular complexity index is 2050. The largest absolute Gasteiger partial charge is 0.472 e. The molecule has 3 amide bonds. The molecular formula is C40H45N5O7. The van der Waals surface area contributed by atoms with Crippen LogP contribution >= 0.6 is 0 Å². The van der Waals surface area contributed by atoms with Crippen molar-refractivity contribution in [2.24, 2.45) is 5.92 Å². The van der Waals surface area contributed by atoms with E-state index < -0.39 is 53.0 Å². The van der Waals surface area contributed by atoms with Crippen LogP contribution in [0.1, 0.15) is 82.0 Å². The number of nitrogens with zero attached hydrogens (tertiary/aromatic N) is 3. The van der Waals surface area contributed by atoms with Crippen LogP contribution in [0.4, 0.5) is 0 Å². The van der Waals surface area contributed by atoms with Crippen LogP contribution in [0.25, 0.3) is 21.7 Å². The van der Waals surface area contributed by atoms with E-state index >= 15 is 0 Å². The lowest BCUT2D eigenvalue weighted by molar-refractivity contribution is -0.160. The van der Waals surface area contributed by atoms with Crippen molar-refractivity contribution >= 4 is 45.4 Å². The third-order valence-corrected chi connectivity index (χ3v) is 10.0. The summed E-state index contributed by atoms with van der Waals surface area (Å²) in [7, 11) is 0. The molecular weight excluding hydrogens is 662 g/mol. The second kappa shape index (κ2) is 14.0. The summed E-state index contributed by atoms with van der Waals surface area (Å²) in [4.78, 5) is 62.3. The average molecular weight is 708 g/mol. The SMILES string of the molecule is Cc1cc(C(=O)NC2CCCCCC=CC3CC3(C(=O)OC(C)(C)C)NC(=O)C3CC(Oc4nc5ccccc5c5ccccc45)CN3C2=O)no1. The van der Waals surface area contributed by atoms with Crippen molar-refractivity contribution in [3.8, 4) is 5.88 Å². The monoisotopic (exact) mass is 707 g/mol. The second-order valence-corrected chi connectivity index (χ2v) is 15.1. The summed E-state index contributed by atoms with van der Waals surface area (Å²) >= 11 is 0. The number of ether oxygens (including phenoxy) is 2. The van der Waals surface area contributed by atoms with E-state index in [1.807, 2.05) is 60.7 Å². The third kappa shape index (κ3) is 7.24. The molecule has 3 aliphatic rings. The van der Waals surface area contributed by atoms with Crippen molar-refractivity contribution in [2.75, 3.05) is 6.54 Å². The van der Waals surface area contributed by atoms with Gasteiger partial charge >= 0.3 is 5.97 Å². The Balaban J connectivity index is 1.22. The molecule has 5 unspecified atom stereocenters. The third-order valence-electron chi connectivity index (χ3n) is 10.0. The molecule has 2 aromatic carbocycles. The van der Waals surface area contributed by atoms with Gasteiger partial charge in [-0.15, -0.1) is 0 Å². The molecule has 2 aromatic heterocycles. The number of carbonyl (C=O) groups is 4. The summed E-state index contributed by atoms with van der Waals surface area (Å²) in [6.07, 6.45) is 7.47. The standard InChI is InChI=1S/C40H45N5O7/c1-24-20-32(44-52-24)34(46)41-31-19-9-7-5-6-8-14-25-22-40(25,38(49)51-39(2,3)4)43-35(47)33-21-26(23-45(33)37(31)48)50-36-29-17-11-10-15-27(29)28-16-12-13-18-30(28)42-36/h8,10-18,20,25-26,31,33H,5-7,9,19,21-23H2,1-4H3,(H,41,46)(H,43,47). The van der Waals surface area contributed by atoms with Crippen LogP contribution in [0.15, 0.2) is 71.3 Å². The van der Waals surface area contributed by atoms with Gasteiger partial charge in [-0.05, 0) is 70.9 Å². The van der Waals surface area contributed by atoms with E-state index in [0.29, 0.717) is 30.9 Å². The van der Waals surface area contributed by atoms with Crippen molar-refractivity contribution < 1.29 is 33.2 Å². The van der Waals surface area contributed by atoms with Crippen molar-refractivity contribution in [1.82, 2.24) is 25.7 Å². The minimum Gasteiger partial charge on any atom is -0.472 e. The predicted octanol–water partition coefficient (Wildman–Crippen LogP) is 5.57. The number of hydrogen-bond acceptors (Lipinski definition) is 9. The van der Waals surface area contributed by atoms with Gasteiger partial charge in [0.15, 0.2) is 5.69 Å². The van der Waals surface area contributed by atoms with E-state index in [0.717, 1.165) is 40.9 Å². The Hall–Kier alpha value is -5.26. The zero-order valence-electron chi connectivity index (χ0n) is 30.0. The highest BCUT2D eigenvalue weighted by atomic mass is 16.6. The van der Waals surface area contributed by atoms with E-state index in [1.54, 1.807) is 27.7 Å². The summed E-state index contributed by atoms with van der Waals surface area (Å²) in [5.41, 5.74) is -1.18. The van der Waals surface area contributed by atoms with Crippen LogP contribution in [0, 0.1) is 12.8 Å². The number of para-hydroxylation sites is 1. The number of carbonyl (C=O) groups excluding carboxylic acids is 4. The molecule has 1 saturated heterocycles. The molecule has 0 radical (unpaired) electrons. The zero-order chi connectivity index (χ0) is 36.6. The average Bonchev–Trinajstić information content (AvgIpc) is 3.39. The van der Waals surface area contributed by atoms with Crippen LogP contribution in [0.5, 0.6) is 5.88 Å². The van der Waals surface area contributed by atoms with Gasteiger partial charge in [0.1, 0.15) is 35.1 Å². The first kappa shape index (κ1) is 35.2. The van der Waals surface area contributed by atoms with Crippen molar-refractivity contribution in [3.05, 3.63) is 78.2 Å². The molecule has 5 atom stereocenters. The molecule has 4 heterocycles. The van der Waals surface area contributed by atoms with Gasteiger partial charge < -0.3 is 29.5 Å². The molecule has 272 valence electrons. The fourth-order valence-electron chi connectivity index (χ4n) is 7.33. The number of esters is 1. The molecule has 0 bridgehead atoms. The number of pyridine rings is 1. The van der Waals surface area contributed by atoms with Crippen molar-refractivity contribution in [3.63, 3.8) is 0 Å². The molecule has 2 fully saturated rings. The smallest absolute Gasteiger partial charge is 0.333 e. The highest BCUT2D eigenvalue weighted by Gasteiger charge is 2.63. The highest BCUT2D eigenvalue weighted by molar-refractivity contribution is 6.07. The molecule has 1 saturated carbocycles.